The molecule has 1 unspecified atom stereocenters. The lowest BCUT2D eigenvalue weighted by Crippen LogP contribution is -2.32. The van der Waals surface area contributed by atoms with Crippen LogP contribution in [0.3, 0.4) is 0 Å². The average molecular weight is 247 g/mol. The van der Waals surface area contributed by atoms with Crippen molar-refractivity contribution in [1.29, 1.82) is 0 Å². The molecule has 0 heterocycles. The number of nitrogens with one attached hydrogen (secondary N) is 1. The molecule has 1 aromatic rings. The van der Waals surface area contributed by atoms with Gasteiger partial charge in [-0.1, -0.05) is 0 Å². The molecule has 4 heteroatoms. The van der Waals surface area contributed by atoms with Crippen LogP contribution >= 0.6 is 0 Å². The highest BCUT2D eigenvalue weighted by Gasteiger charge is 2.14. The van der Waals surface area contributed by atoms with Crippen LogP contribution in [0.1, 0.15) is 23.7 Å². The largest absolute Gasteiger partial charge is 0.497 e. The normalized spacial score (nSPS) is 11.2. The van der Waals surface area contributed by atoms with Crippen molar-refractivity contribution < 1.29 is 14.3 Å². The fraction of sp³-hybridized carbons (Fsp3) is 0.357. The van der Waals surface area contributed by atoms with Gasteiger partial charge in [-0.25, -0.2) is 0 Å². The summed E-state index contributed by atoms with van der Waals surface area (Å²) in [5.74, 6) is 3.41. The van der Waals surface area contributed by atoms with Gasteiger partial charge in [0, 0.05) is 18.5 Å². The SMILES string of the molecule is C#CCC(C)NC(=O)c1ccc(OC)cc1OC. The Balaban J connectivity index is 2.88. The maximum absolute atomic E-state index is 12.0. The predicted molar refractivity (Wildman–Crippen MR) is 69.9 cm³/mol. The van der Waals surface area contributed by atoms with Gasteiger partial charge >= 0.3 is 0 Å². The highest BCUT2D eigenvalue weighted by Crippen LogP contribution is 2.24. The first-order chi connectivity index (χ1) is 8.62. The smallest absolute Gasteiger partial charge is 0.255 e. The van der Waals surface area contributed by atoms with Crippen LogP contribution in [-0.2, 0) is 0 Å². The summed E-state index contributed by atoms with van der Waals surface area (Å²) >= 11 is 0. The van der Waals surface area contributed by atoms with Crippen LogP contribution < -0.4 is 14.8 Å². The van der Waals surface area contributed by atoms with E-state index in [0.29, 0.717) is 23.5 Å². The summed E-state index contributed by atoms with van der Waals surface area (Å²) in [5, 5.41) is 2.81. The van der Waals surface area contributed by atoms with Gasteiger partial charge in [-0.05, 0) is 19.1 Å². The molecule has 0 radical (unpaired) electrons. The first kappa shape index (κ1) is 13.9. The molecule has 1 N–H and O–H groups in total. The third kappa shape index (κ3) is 3.42. The van der Waals surface area contributed by atoms with E-state index < -0.39 is 0 Å². The molecular formula is C14H17NO3. The third-order valence-electron chi connectivity index (χ3n) is 2.45. The second-order valence-electron chi connectivity index (χ2n) is 3.85. The minimum absolute atomic E-state index is 0.0747. The number of carbonyl (C=O) groups is 1. The number of carbonyl (C=O) groups excluding carboxylic acids is 1. The summed E-state index contributed by atoms with van der Waals surface area (Å²) in [6.45, 7) is 1.85. The number of amides is 1. The van der Waals surface area contributed by atoms with E-state index in [9.17, 15) is 4.79 Å². The van der Waals surface area contributed by atoms with E-state index in [-0.39, 0.29) is 11.9 Å². The fourth-order valence-corrected chi connectivity index (χ4v) is 1.52. The zero-order valence-corrected chi connectivity index (χ0v) is 10.8. The summed E-state index contributed by atoms with van der Waals surface area (Å²) in [6.07, 6.45) is 5.69. The van der Waals surface area contributed by atoms with Gasteiger partial charge in [0.2, 0.25) is 0 Å². The molecule has 1 amide bonds. The number of hydrogen-bond acceptors (Lipinski definition) is 3. The van der Waals surface area contributed by atoms with Gasteiger partial charge in [0.15, 0.2) is 0 Å². The van der Waals surface area contributed by atoms with Crippen LogP contribution in [-0.4, -0.2) is 26.2 Å². The number of methoxy groups -OCH3 is 2. The van der Waals surface area contributed by atoms with Crippen LogP contribution in [0.5, 0.6) is 11.5 Å². The number of hydrogen-bond donors (Lipinski definition) is 1. The molecule has 1 aromatic carbocycles. The van der Waals surface area contributed by atoms with Gasteiger partial charge in [0.25, 0.3) is 5.91 Å². The van der Waals surface area contributed by atoms with E-state index in [1.54, 1.807) is 25.3 Å². The molecule has 0 saturated carbocycles. The molecule has 18 heavy (non-hydrogen) atoms. The van der Waals surface area contributed by atoms with Gasteiger partial charge in [-0.2, -0.15) is 0 Å². The van der Waals surface area contributed by atoms with Crippen molar-refractivity contribution in [2.75, 3.05) is 14.2 Å². The van der Waals surface area contributed by atoms with E-state index >= 15 is 0 Å². The summed E-state index contributed by atoms with van der Waals surface area (Å²) in [5.41, 5.74) is 0.460. The summed E-state index contributed by atoms with van der Waals surface area (Å²) in [6, 6.07) is 4.97. The molecule has 0 bridgehead atoms. The Bertz CT molecular complexity index is 463. The lowest BCUT2D eigenvalue weighted by Gasteiger charge is -2.13. The van der Waals surface area contributed by atoms with Crippen LogP contribution in [0.25, 0.3) is 0 Å². The third-order valence-corrected chi connectivity index (χ3v) is 2.45. The van der Waals surface area contributed by atoms with Gasteiger partial charge in [-0.15, -0.1) is 12.3 Å². The lowest BCUT2D eigenvalue weighted by molar-refractivity contribution is 0.0938. The van der Waals surface area contributed by atoms with E-state index in [1.807, 2.05) is 6.92 Å². The van der Waals surface area contributed by atoms with Crippen molar-refractivity contribution in [1.82, 2.24) is 5.32 Å². The van der Waals surface area contributed by atoms with Crippen LogP contribution in [0.2, 0.25) is 0 Å². The highest BCUT2D eigenvalue weighted by molar-refractivity contribution is 5.97. The van der Waals surface area contributed by atoms with Crippen molar-refractivity contribution in [2.24, 2.45) is 0 Å². The standard InChI is InChI=1S/C14H17NO3/c1-5-6-10(2)15-14(16)12-8-7-11(17-3)9-13(12)18-4/h1,7-10H,6H2,2-4H3,(H,15,16). The minimum atomic E-state index is -0.211. The van der Waals surface area contributed by atoms with Crippen molar-refractivity contribution in [3.8, 4) is 23.8 Å². The minimum Gasteiger partial charge on any atom is -0.497 e. The van der Waals surface area contributed by atoms with E-state index in [4.69, 9.17) is 15.9 Å². The maximum Gasteiger partial charge on any atom is 0.255 e. The number of rotatable bonds is 5. The zero-order valence-electron chi connectivity index (χ0n) is 10.8. The highest BCUT2D eigenvalue weighted by atomic mass is 16.5. The quantitative estimate of drug-likeness (QED) is 0.808. The molecule has 1 rings (SSSR count). The van der Waals surface area contributed by atoms with Crippen molar-refractivity contribution in [3.05, 3.63) is 23.8 Å². The van der Waals surface area contributed by atoms with Crippen LogP contribution in [0.15, 0.2) is 18.2 Å². The average Bonchev–Trinajstić information content (AvgIpc) is 2.38. The Morgan fingerprint density at radius 3 is 2.72 bits per heavy atom. The number of ether oxygens (including phenoxy) is 2. The molecule has 0 fully saturated rings. The Morgan fingerprint density at radius 1 is 1.44 bits per heavy atom. The first-order valence-electron chi connectivity index (χ1n) is 5.58. The van der Waals surface area contributed by atoms with Crippen LogP contribution in [0, 0.1) is 12.3 Å². The van der Waals surface area contributed by atoms with E-state index in [0.717, 1.165) is 0 Å². The zero-order chi connectivity index (χ0) is 13.5. The fourth-order valence-electron chi connectivity index (χ4n) is 1.52. The molecule has 0 aromatic heterocycles. The van der Waals surface area contributed by atoms with Crippen molar-refractivity contribution >= 4 is 5.91 Å². The first-order valence-corrected chi connectivity index (χ1v) is 5.58. The number of terminal acetylenes is 1. The Labute approximate surface area is 107 Å². The van der Waals surface area contributed by atoms with Gasteiger partial charge in [0.05, 0.1) is 19.8 Å². The molecule has 1 atom stereocenters. The monoisotopic (exact) mass is 247 g/mol. The molecule has 0 aliphatic heterocycles. The summed E-state index contributed by atoms with van der Waals surface area (Å²) < 4.78 is 10.2. The molecule has 0 aliphatic carbocycles. The molecule has 0 aliphatic rings. The van der Waals surface area contributed by atoms with E-state index in [2.05, 4.69) is 11.2 Å². The number of benzene rings is 1. The van der Waals surface area contributed by atoms with E-state index in [1.165, 1.54) is 7.11 Å². The predicted octanol–water partition coefficient (Wildman–Crippen LogP) is 1.85. The molecule has 0 spiro atoms. The maximum atomic E-state index is 12.0. The van der Waals surface area contributed by atoms with Crippen molar-refractivity contribution in [2.45, 2.75) is 19.4 Å². The molecule has 4 nitrogen and oxygen atoms in total. The lowest BCUT2D eigenvalue weighted by atomic mass is 10.1. The van der Waals surface area contributed by atoms with Gasteiger partial charge in [-0.3, -0.25) is 4.79 Å². The Hall–Kier alpha value is -2.15. The molecular weight excluding hydrogens is 230 g/mol. The van der Waals surface area contributed by atoms with Crippen molar-refractivity contribution in [3.63, 3.8) is 0 Å². The van der Waals surface area contributed by atoms with Crippen LogP contribution in [0.4, 0.5) is 0 Å². The topological polar surface area (TPSA) is 47.6 Å². The molecule has 96 valence electrons. The summed E-state index contributed by atoms with van der Waals surface area (Å²) in [7, 11) is 3.07. The Morgan fingerprint density at radius 2 is 2.17 bits per heavy atom. The second-order valence-corrected chi connectivity index (χ2v) is 3.85. The summed E-state index contributed by atoms with van der Waals surface area (Å²) in [4.78, 5) is 12.0. The van der Waals surface area contributed by atoms with Gasteiger partial charge < -0.3 is 14.8 Å². The second kappa shape index (κ2) is 6.55. The molecule has 0 saturated heterocycles. The van der Waals surface area contributed by atoms with Gasteiger partial charge in [0.1, 0.15) is 11.5 Å². The Kier molecular flexibility index (Phi) is 5.06.